The Morgan fingerprint density at radius 1 is 0.950 bits per heavy atom. The van der Waals surface area contributed by atoms with Crippen LogP contribution >= 0.6 is 0 Å². The van der Waals surface area contributed by atoms with Crippen LogP contribution in [0.15, 0.2) is 54.6 Å². The van der Waals surface area contributed by atoms with Crippen molar-refractivity contribution in [1.82, 2.24) is 0 Å². The molecule has 2 nitrogen and oxygen atoms in total. The molecular weight excluding hydrogens is 246 g/mol. The van der Waals surface area contributed by atoms with E-state index in [0.29, 0.717) is 6.42 Å². The third-order valence-electron chi connectivity index (χ3n) is 3.66. The smallest absolute Gasteiger partial charge is 0.219 e. The summed E-state index contributed by atoms with van der Waals surface area (Å²) in [6.45, 7) is 0. The molecule has 100 valence electrons. The molecule has 1 amide bonds. The molecule has 0 aliphatic carbocycles. The summed E-state index contributed by atoms with van der Waals surface area (Å²) in [5, 5.41) is 0. The lowest BCUT2D eigenvalue weighted by molar-refractivity contribution is -0.368. The minimum absolute atomic E-state index is 0.205. The van der Waals surface area contributed by atoms with E-state index in [4.69, 9.17) is 0 Å². The molecule has 1 heterocycles. The van der Waals surface area contributed by atoms with E-state index in [1.165, 1.54) is 11.1 Å². The molecule has 0 atom stereocenters. The van der Waals surface area contributed by atoms with Crippen molar-refractivity contribution in [3.8, 4) is 0 Å². The maximum Gasteiger partial charge on any atom is 0.392 e. The number of carbonyl (C=O) groups excluding carboxylic acids is 1. The quantitative estimate of drug-likeness (QED) is 0.774. The van der Waals surface area contributed by atoms with E-state index in [0.717, 1.165) is 24.9 Å². The normalized spacial score (nSPS) is 15.0. The lowest BCUT2D eigenvalue weighted by Crippen LogP contribution is -2.22. The van der Waals surface area contributed by atoms with E-state index >= 15 is 0 Å². The van der Waals surface area contributed by atoms with Crippen molar-refractivity contribution in [3.63, 3.8) is 0 Å². The molecule has 0 radical (unpaired) electrons. The van der Waals surface area contributed by atoms with Crippen LogP contribution in [-0.4, -0.2) is 16.7 Å². The Bertz CT molecular complexity index is 643. The van der Waals surface area contributed by atoms with Gasteiger partial charge in [-0.05, 0) is 12.0 Å². The van der Waals surface area contributed by atoms with Gasteiger partial charge >= 0.3 is 5.91 Å². The van der Waals surface area contributed by atoms with Crippen LogP contribution in [0.4, 0.5) is 5.69 Å². The second kappa shape index (κ2) is 5.83. The van der Waals surface area contributed by atoms with Gasteiger partial charge in [0.05, 0.1) is 6.42 Å². The van der Waals surface area contributed by atoms with Crippen LogP contribution in [0.1, 0.15) is 30.4 Å². The van der Waals surface area contributed by atoms with Crippen molar-refractivity contribution < 1.29 is 9.37 Å². The van der Waals surface area contributed by atoms with Gasteiger partial charge in [-0.1, -0.05) is 48.5 Å². The summed E-state index contributed by atoms with van der Waals surface area (Å²) in [5.41, 5.74) is 3.50. The first-order chi connectivity index (χ1) is 9.84. The number of nitrogens with zero attached hydrogens (tertiary/aromatic N) is 1. The molecule has 0 saturated carbocycles. The number of para-hydroxylation sites is 1. The monoisotopic (exact) mass is 264 g/mol. The number of hydrogen-bond acceptors (Lipinski definition) is 1. The number of carbonyl (C=O) groups is 1. The molecule has 0 N–H and O–H groups in total. The van der Waals surface area contributed by atoms with Crippen molar-refractivity contribution in [2.75, 3.05) is 0 Å². The second-order valence-corrected chi connectivity index (χ2v) is 5.13. The van der Waals surface area contributed by atoms with Gasteiger partial charge in [0.25, 0.3) is 0 Å². The Balaban J connectivity index is 1.96. The van der Waals surface area contributed by atoms with Crippen LogP contribution < -0.4 is 0 Å². The predicted molar refractivity (Wildman–Crippen MR) is 80.5 cm³/mol. The molecule has 20 heavy (non-hydrogen) atoms. The zero-order valence-corrected chi connectivity index (χ0v) is 11.5. The fourth-order valence-electron chi connectivity index (χ4n) is 2.64. The second-order valence-electron chi connectivity index (χ2n) is 5.13. The van der Waals surface area contributed by atoms with E-state index < -0.39 is 0 Å². The molecule has 0 fully saturated rings. The Morgan fingerprint density at radius 3 is 2.50 bits per heavy atom. The maximum atomic E-state index is 12.1. The molecule has 0 spiro atoms. The Hall–Kier alpha value is -2.22. The van der Waals surface area contributed by atoms with Crippen molar-refractivity contribution in [2.45, 2.75) is 25.7 Å². The predicted octanol–water partition coefficient (Wildman–Crippen LogP) is 3.70. The van der Waals surface area contributed by atoms with Crippen LogP contribution in [0.5, 0.6) is 0 Å². The summed E-state index contributed by atoms with van der Waals surface area (Å²) in [6, 6.07) is 18.6. The van der Waals surface area contributed by atoms with Gasteiger partial charge in [0.2, 0.25) is 5.69 Å². The molecule has 0 saturated heterocycles. The topological polar surface area (TPSA) is 20.1 Å². The van der Waals surface area contributed by atoms with E-state index in [1.54, 1.807) is 0 Å². The Kier molecular flexibility index (Phi) is 3.73. The SMILES string of the molecule is O=C1CCCC=[N+]1c1ccccc1Cc1ccccc1. The molecule has 2 heteroatoms. The summed E-state index contributed by atoms with van der Waals surface area (Å²) in [6.07, 6.45) is 5.47. The molecule has 2 aromatic rings. The first kappa shape index (κ1) is 12.8. The number of benzene rings is 2. The van der Waals surface area contributed by atoms with E-state index in [1.807, 2.05) is 35.1 Å². The van der Waals surface area contributed by atoms with Crippen LogP contribution in [0, 0.1) is 0 Å². The maximum absolute atomic E-state index is 12.1. The first-order valence-corrected chi connectivity index (χ1v) is 7.12. The lowest BCUT2D eigenvalue weighted by Gasteiger charge is -2.09. The van der Waals surface area contributed by atoms with Gasteiger partial charge < -0.3 is 0 Å². The zero-order valence-electron chi connectivity index (χ0n) is 11.5. The third-order valence-corrected chi connectivity index (χ3v) is 3.66. The number of amides is 1. The van der Waals surface area contributed by atoms with E-state index in [9.17, 15) is 4.79 Å². The summed E-state index contributed by atoms with van der Waals surface area (Å²) in [5.74, 6) is 0.205. The fraction of sp³-hybridized carbons (Fsp3) is 0.222. The standard InChI is InChI=1S/C18H18NO/c20-18-12-6-7-13-19(18)17-11-5-4-10-16(17)14-15-8-2-1-3-9-15/h1-5,8-11,13H,6-7,12,14H2/q+1. The molecule has 0 unspecified atom stereocenters. The number of rotatable bonds is 3. The highest BCUT2D eigenvalue weighted by Gasteiger charge is 2.25. The first-order valence-electron chi connectivity index (χ1n) is 7.12. The van der Waals surface area contributed by atoms with Gasteiger partial charge in [0, 0.05) is 24.5 Å². The van der Waals surface area contributed by atoms with Gasteiger partial charge in [0.1, 0.15) is 0 Å². The van der Waals surface area contributed by atoms with Gasteiger partial charge in [-0.2, -0.15) is 0 Å². The highest BCUT2D eigenvalue weighted by molar-refractivity contribution is 5.78. The van der Waals surface area contributed by atoms with E-state index in [2.05, 4.69) is 30.3 Å². The van der Waals surface area contributed by atoms with Crippen LogP contribution in [0.3, 0.4) is 0 Å². The molecule has 1 aliphatic rings. The zero-order chi connectivity index (χ0) is 13.8. The fourth-order valence-corrected chi connectivity index (χ4v) is 2.64. The summed E-state index contributed by atoms with van der Waals surface area (Å²) >= 11 is 0. The third kappa shape index (κ3) is 2.69. The van der Waals surface area contributed by atoms with Crippen LogP contribution in [0.25, 0.3) is 0 Å². The molecule has 1 aliphatic heterocycles. The molecule has 0 aromatic heterocycles. The molecular formula is C18H18NO+. The Labute approximate surface area is 119 Å². The number of hydrogen-bond donors (Lipinski definition) is 0. The molecule has 2 aromatic carbocycles. The van der Waals surface area contributed by atoms with Crippen molar-refractivity contribution in [3.05, 3.63) is 65.7 Å². The Morgan fingerprint density at radius 2 is 1.70 bits per heavy atom. The van der Waals surface area contributed by atoms with Crippen molar-refractivity contribution >= 4 is 17.8 Å². The average molecular weight is 264 g/mol. The molecule has 0 bridgehead atoms. The van der Waals surface area contributed by atoms with Crippen molar-refractivity contribution in [2.24, 2.45) is 0 Å². The van der Waals surface area contributed by atoms with Gasteiger partial charge in [-0.15, -0.1) is 4.58 Å². The largest absolute Gasteiger partial charge is 0.392 e. The van der Waals surface area contributed by atoms with Crippen LogP contribution in [-0.2, 0) is 11.2 Å². The summed E-state index contributed by atoms with van der Waals surface area (Å²) < 4.78 is 1.84. The lowest BCUT2D eigenvalue weighted by atomic mass is 10.0. The van der Waals surface area contributed by atoms with Gasteiger partial charge in [-0.3, -0.25) is 0 Å². The highest BCUT2D eigenvalue weighted by atomic mass is 16.2. The highest BCUT2D eigenvalue weighted by Crippen LogP contribution is 2.24. The minimum Gasteiger partial charge on any atom is -0.219 e. The van der Waals surface area contributed by atoms with Crippen molar-refractivity contribution in [1.29, 1.82) is 0 Å². The molecule has 3 rings (SSSR count). The van der Waals surface area contributed by atoms with Gasteiger partial charge in [0.15, 0.2) is 6.21 Å². The van der Waals surface area contributed by atoms with E-state index in [-0.39, 0.29) is 5.91 Å². The summed E-state index contributed by atoms with van der Waals surface area (Å²) in [4.78, 5) is 12.1. The summed E-state index contributed by atoms with van der Waals surface area (Å²) in [7, 11) is 0. The average Bonchev–Trinajstić information content (AvgIpc) is 2.50. The van der Waals surface area contributed by atoms with Gasteiger partial charge in [-0.25, -0.2) is 4.79 Å². The van der Waals surface area contributed by atoms with Crippen LogP contribution in [0.2, 0.25) is 0 Å². The minimum atomic E-state index is 0.205.